The number of aryl methyl sites for hydroxylation is 3. The molecule has 154 valence electrons. The monoisotopic (exact) mass is 415 g/mol. The Morgan fingerprint density at radius 3 is 2.31 bits per heavy atom. The number of rotatable bonds is 2. The van der Waals surface area contributed by atoms with E-state index in [1.807, 2.05) is 13.0 Å². The molecule has 6 aromatic rings. The van der Waals surface area contributed by atoms with Crippen molar-refractivity contribution in [1.82, 2.24) is 4.98 Å². The minimum Gasteiger partial charge on any atom is -0.437 e. The van der Waals surface area contributed by atoms with Crippen molar-refractivity contribution in [2.75, 3.05) is 0 Å². The van der Waals surface area contributed by atoms with Gasteiger partial charge >= 0.3 is 0 Å². The summed E-state index contributed by atoms with van der Waals surface area (Å²) in [6, 6.07) is 27.7. The van der Waals surface area contributed by atoms with Gasteiger partial charge in [-0.05, 0) is 35.9 Å². The first-order valence-corrected chi connectivity index (χ1v) is 10.9. The van der Waals surface area contributed by atoms with E-state index in [9.17, 15) is 0 Å². The first-order chi connectivity index (χ1) is 15.6. The van der Waals surface area contributed by atoms with E-state index in [1.54, 1.807) is 0 Å². The van der Waals surface area contributed by atoms with Gasteiger partial charge in [0.05, 0.1) is 10.9 Å². The highest BCUT2D eigenvalue weighted by Gasteiger charge is 2.23. The Hall–Kier alpha value is -3.98. The lowest BCUT2D eigenvalue weighted by Gasteiger charge is -2.08. The summed E-state index contributed by atoms with van der Waals surface area (Å²) in [7, 11) is 2.09. The zero-order valence-electron chi connectivity index (χ0n) is 18.4. The predicted octanol–water partition coefficient (Wildman–Crippen LogP) is 6.91. The molecule has 3 nitrogen and oxygen atoms in total. The Balaban J connectivity index is 1.70. The summed E-state index contributed by atoms with van der Waals surface area (Å²) in [4.78, 5) is 4.82. The molecule has 0 saturated carbocycles. The van der Waals surface area contributed by atoms with Crippen LogP contribution in [0.1, 0.15) is 11.3 Å². The average molecular weight is 416 g/mol. The molecule has 0 amide bonds. The number of pyridine rings is 2. The zero-order valence-corrected chi connectivity index (χ0v) is 18.4. The molecule has 0 bridgehead atoms. The Kier molecular flexibility index (Phi) is 4.12. The van der Waals surface area contributed by atoms with Crippen LogP contribution in [0.15, 0.2) is 89.5 Å². The molecule has 0 aliphatic heterocycles. The van der Waals surface area contributed by atoms with Crippen LogP contribution in [0, 0.1) is 13.8 Å². The molecule has 3 aromatic carbocycles. The normalized spacial score (nSPS) is 11.6. The molecule has 3 heteroatoms. The number of benzene rings is 3. The van der Waals surface area contributed by atoms with Gasteiger partial charge < -0.3 is 4.42 Å². The summed E-state index contributed by atoms with van der Waals surface area (Å²) in [6.45, 7) is 4.19. The predicted molar refractivity (Wildman–Crippen MR) is 131 cm³/mol. The quantitative estimate of drug-likeness (QED) is 0.288. The van der Waals surface area contributed by atoms with Crippen molar-refractivity contribution in [2.45, 2.75) is 13.8 Å². The smallest absolute Gasteiger partial charge is 0.228 e. The number of nitrogens with zero attached hydrogens (tertiary/aromatic N) is 2. The molecular weight excluding hydrogens is 392 g/mol. The van der Waals surface area contributed by atoms with Gasteiger partial charge in [0.2, 0.25) is 11.4 Å². The van der Waals surface area contributed by atoms with Gasteiger partial charge in [0, 0.05) is 28.6 Å². The molecule has 0 atom stereocenters. The SMILES string of the molecule is Cc1ccc2c(oc3nc(C)c4ccccc4c32)c1-c1cc(-c2ccccc2)cc[n+]1C. The number of fused-ring (bicyclic) bond motifs is 5. The van der Waals surface area contributed by atoms with Crippen LogP contribution < -0.4 is 4.57 Å². The number of furan rings is 1. The van der Waals surface area contributed by atoms with E-state index >= 15 is 0 Å². The largest absolute Gasteiger partial charge is 0.437 e. The summed E-state index contributed by atoms with van der Waals surface area (Å²) in [5, 5.41) is 4.55. The Morgan fingerprint density at radius 2 is 1.50 bits per heavy atom. The average Bonchev–Trinajstić information content (AvgIpc) is 3.19. The molecule has 0 unspecified atom stereocenters. The second-order valence-electron chi connectivity index (χ2n) is 8.44. The summed E-state index contributed by atoms with van der Waals surface area (Å²) < 4.78 is 8.65. The van der Waals surface area contributed by atoms with Crippen LogP contribution in [0.3, 0.4) is 0 Å². The van der Waals surface area contributed by atoms with Crippen molar-refractivity contribution >= 4 is 32.8 Å². The van der Waals surface area contributed by atoms with Gasteiger partial charge in [-0.25, -0.2) is 9.55 Å². The van der Waals surface area contributed by atoms with E-state index in [2.05, 4.69) is 97.5 Å². The molecule has 32 heavy (non-hydrogen) atoms. The fourth-order valence-corrected chi connectivity index (χ4v) is 4.76. The lowest BCUT2D eigenvalue weighted by atomic mass is 9.97. The summed E-state index contributed by atoms with van der Waals surface area (Å²) in [6.07, 6.45) is 2.12. The Morgan fingerprint density at radius 1 is 0.750 bits per heavy atom. The third-order valence-corrected chi connectivity index (χ3v) is 6.42. The van der Waals surface area contributed by atoms with Gasteiger partial charge in [0.25, 0.3) is 0 Å². The molecule has 0 radical (unpaired) electrons. The van der Waals surface area contributed by atoms with Crippen molar-refractivity contribution in [1.29, 1.82) is 0 Å². The highest BCUT2D eigenvalue weighted by atomic mass is 16.3. The molecule has 0 fully saturated rings. The summed E-state index contributed by atoms with van der Waals surface area (Å²) in [5.41, 5.74) is 8.38. The molecule has 0 N–H and O–H groups in total. The third-order valence-electron chi connectivity index (χ3n) is 6.42. The summed E-state index contributed by atoms with van der Waals surface area (Å²) >= 11 is 0. The highest BCUT2D eigenvalue weighted by molar-refractivity contribution is 6.20. The molecule has 6 rings (SSSR count). The van der Waals surface area contributed by atoms with E-state index in [1.165, 1.54) is 27.5 Å². The molecule has 3 aromatic heterocycles. The van der Waals surface area contributed by atoms with Crippen molar-refractivity contribution in [3.8, 4) is 22.4 Å². The maximum absolute atomic E-state index is 6.48. The molecule has 0 aliphatic carbocycles. The lowest BCUT2D eigenvalue weighted by molar-refractivity contribution is -0.660. The van der Waals surface area contributed by atoms with E-state index < -0.39 is 0 Å². The van der Waals surface area contributed by atoms with Gasteiger partial charge in [0.1, 0.15) is 7.05 Å². The van der Waals surface area contributed by atoms with Gasteiger partial charge in [0.15, 0.2) is 11.8 Å². The van der Waals surface area contributed by atoms with E-state index in [0.29, 0.717) is 5.71 Å². The van der Waals surface area contributed by atoms with Crippen LogP contribution in [-0.2, 0) is 7.05 Å². The molecule has 0 spiro atoms. The van der Waals surface area contributed by atoms with Crippen LogP contribution in [-0.4, -0.2) is 4.98 Å². The maximum Gasteiger partial charge on any atom is 0.228 e. The van der Waals surface area contributed by atoms with Crippen LogP contribution >= 0.6 is 0 Å². The van der Waals surface area contributed by atoms with Crippen LogP contribution in [0.2, 0.25) is 0 Å². The second-order valence-corrected chi connectivity index (χ2v) is 8.44. The zero-order chi connectivity index (χ0) is 21.8. The van der Waals surface area contributed by atoms with E-state index in [-0.39, 0.29) is 0 Å². The van der Waals surface area contributed by atoms with Gasteiger partial charge in [-0.1, -0.05) is 66.7 Å². The fraction of sp³-hybridized carbons (Fsp3) is 0.103. The highest BCUT2D eigenvalue weighted by Crippen LogP contribution is 2.40. The van der Waals surface area contributed by atoms with Crippen molar-refractivity contribution in [3.63, 3.8) is 0 Å². The number of hydrogen-bond acceptors (Lipinski definition) is 2. The summed E-state index contributed by atoms with van der Waals surface area (Å²) in [5.74, 6) is 0. The van der Waals surface area contributed by atoms with Crippen LogP contribution in [0.5, 0.6) is 0 Å². The second kappa shape index (κ2) is 7.03. The van der Waals surface area contributed by atoms with Gasteiger partial charge in [-0.3, -0.25) is 0 Å². The van der Waals surface area contributed by atoms with Crippen LogP contribution in [0.25, 0.3) is 55.2 Å². The van der Waals surface area contributed by atoms with Crippen molar-refractivity contribution < 1.29 is 8.98 Å². The minimum absolute atomic E-state index is 0.699. The van der Waals surface area contributed by atoms with Gasteiger partial charge in [-0.15, -0.1) is 0 Å². The van der Waals surface area contributed by atoms with Crippen molar-refractivity contribution in [2.24, 2.45) is 7.05 Å². The van der Waals surface area contributed by atoms with Crippen molar-refractivity contribution in [3.05, 3.63) is 96.3 Å². The maximum atomic E-state index is 6.48. The molecule has 0 saturated heterocycles. The molecule has 0 aliphatic rings. The van der Waals surface area contributed by atoms with E-state index in [0.717, 1.165) is 33.3 Å². The first-order valence-electron chi connectivity index (χ1n) is 10.9. The topological polar surface area (TPSA) is 29.9 Å². The van der Waals surface area contributed by atoms with Gasteiger partial charge in [-0.2, -0.15) is 0 Å². The first kappa shape index (κ1) is 18.8. The number of aromatic nitrogens is 2. The Labute approximate surface area is 186 Å². The molecule has 3 heterocycles. The Bertz CT molecular complexity index is 1650. The number of hydrogen-bond donors (Lipinski definition) is 0. The minimum atomic E-state index is 0.699. The van der Waals surface area contributed by atoms with E-state index in [4.69, 9.17) is 9.40 Å². The van der Waals surface area contributed by atoms with Crippen LogP contribution in [0.4, 0.5) is 0 Å². The fourth-order valence-electron chi connectivity index (χ4n) is 4.76. The lowest BCUT2D eigenvalue weighted by Crippen LogP contribution is -2.30. The third kappa shape index (κ3) is 2.75. The molecular formula is C29H23N2O+. The standard InChI is InChI=1S/C29H23N2O/c1-18-13-14-24-27-23-12-8-7-11-22(23)19(2)30-29(27)32-28(24)26(18)25-17-21(15-16-31(25)3)20-9-5-4-6-10-20/h4-17H,1-3H3/q+1.